The first-order valence-electron chi connectivity index (χ1n) is 5.00. The molecular formula is C11H14N2O3S. The lowest BCUT2D eigenvalue weighted by molar-refractivity contribution is -0.118. The minimum atomic E-state index is -1.02. The van der Waals surface area contributed by atoms with E-state index in [0.29, 0.717) is 10.6 Å². The molecule has 0 unspecified atom stereocenters. The minimum absolute atomic E-state index is 0.159. The fourth-order valence-corrected chi connectivity index (χ4v) is 2.39. The van der Waals surface area contributed by atoms with Gasteiger partial charge in [0.1, 0.15) is 5.03 Å². The molecule has 0 bridgehead atoms. The van der Waals surface area contributed by atoms with Gasteiger partial charge >= 0.3 is 5.97 Å². The predicted molar refractivity (Wildman–Crippen MR) is 65.5 cm³/mol. The first-order valence-corrected chi connectivity index (χ1v) is 5.99. The van der Waals surface area contributed by atoms with Gasteiger partial charge in [-0.2, -0.15) is 0 Å². The molecule has 2 N–H and O–H groups in total. The van der Waals surface area contributed by atoms with Gasteiger partial charge in [0.2, 0.25) is 5.91 Å². The zero-order valence-electron chi connectivity index (χ0n) is 9.90. The number of hydrogen-bond acceptors (Lipinski definition) is 4. The number of nitrogens with zero attached hydrogens (tertiary/aromatic N) is 1. The van der Waals surface area contributed by atoms with E-state index in [4.69, 9.17) is 5.11 Å². The number of carboxylic acid groups (broad SMARTS) is 1. The number of hydrogen-bond donors (Lipinski definition) is 2. The van der Waals surface area contributed by atoms with Crippen LogP contribution in [-0.2, 0) is 4.79 Å². The van der Waals surface area contributed by atoms with Gasteiger partial charge < -0.3 is 10.4 Å². The van der Waals surface area contributed by atoms with E-state index in [0.717, 1.165) is 17.5 Å². The Balaban J connectivity index is 3.04. The quantitative estimate of drug-likeness (QED) is 0.790. The summed E-state index contributed by atoms with van der Waals surface area (Å²) in [5.41, 5.74) is 1.57. The summed E-state index contributed by atoms with van der Waals surface area (Å²) >= 11 is 1.13. The summed E-state index contributed by atoms with van der Waals surface area (Å²) in [6.07, 6.45) is 0. The third kappa shape index (κ3) is 3.45. The van der Waals surface area contributed by atoms with Crippen LogP contribution < -0.4 is 5.32 Å². The molecule has 1 amide bonds. The molecule has 0 aliphatic carbocycles. The number of nitrogens with one attached hydrogen (secondary N) is 1. The van der Waals surface area contributed by atoms with Crippen LogP contribution >= 0.6 is 11.8 Å². The zero-order chi connectivity index (χ0) is 13.0. The lowest BCUT2D eigenvalue weighted by Gasteiger charge is -2.08. The van der Waals surface area contributed by atoms with Gasteiger partial charge in [-0.05, 0) is 25.5 Å². The molecule has 0 saturated carbocycles. The maximum atomic E-state index is 11.1. The maximum Gasteiger partial charge on any atom is 0.338 e. The van der Waals surface area contributed by atoms with Gasteiger partial charge in [0.15, 0.2) is 0 Å². The Morgan fingerprint density at radius 2 is 2.12 bits per heavy atom. The van der Waals surface area contributed by atoms with Crippen molar-refractivity contribution < 1.29 is 14.7 Å². The molecule has 6 heteroatoms. The number of aromatic carboxylic acids is 1. The molecule has 0 spiro atoms. The molecule has 1 heterocycles. The topological polar surface area (TPSA) is 79.3 Å². The van der Waals surface area contributed by atoms with Crippen molar-refractivity contribution in [3.8, 4) is 0 Å². The molecule has 1 aromatic heterocycles. The summed E-state index contributed by atoms with van der Waals surface area (Å²) in [7, 11) is 1.54. The Hall–Kier alpha value is -1.56. The third-order valence-electron chi connectivity index (χ3n) is 2.14. The number of rotatable bonds is 4. The van der Waals surface area contributed by atoms with Crippen molar-refractivity contribution in [2.45, 2.75) is 18.9 Å². The average Bonchev–Trinajstić information content (AvgIpc) is 2.24. The smallest absolute Gasteiger partial charge is 0.338 e. The van der Waals surface area contributed by atoms with Gasteiger partial charge in [0.25, 0.3) is 0 Å². The van der Waals surface area contributed by atoms with Crippen LogP contribution in [0.15, 0.2) is 11.1 Å². The van der Waals surface area contributed by atoms with Crippen LogP contribution in [0.2, 0.25) is 0 Å². The highest BCUT2D eigenvalue weighted by Gasteiger charge is 2.16. The number of pyridine rings is 1. The number of thioether (sulfide) groups is 1. The van der Waals surface area contributed by atoms with Crippen molar-refractivity contribution in [3.63, 3.8) is 0 Å². The molecule has 5 nitrogen and oxygen atoms in total. The summed E-state index contributed by atoms with van der Waals surface area (Å²) < 4.78 is 0. The summed E-state index contributed by atoms with van der Waals surface area (Å²) in [5, 5.41) is 12.0. The minimum Gasteiger partial charge on any atom is -0.478 e. The first kappa shape index (κ1) is 13.5. The molecule has 0 atom stereocenters. The molecule has 0 aliphatic heterocycles. The summed E-state index contributed by atoms with van der Waals surface area (Å²) in [6.45, 7) is 3.52. The lowest BCUT2D eigenvalue weighted by Crippen LogP contribution is -2.20. The van der Waals surface area contributed by atoms with Gasteiger partial charge in [0.05, 0.1) is 11.3 Å². The average molecular weight is 254 g/mol. The summed E-state index contributed by atoms with van der Waals surface area (Å²) in [4.78, 5) is 26.4. The number of carboxylic acids is 1. The Morgan fingerprint density at radius 3 is 2.65 bits per heavy atom. The Labute approximate surface area is 104 Å². The molecule has 0 aliphatic rings. The van der Waals surface area contributed by atoms with E-state index in [9.17, 15) is 9.59 Å². The largest absolute Gasteiger partial charge is 0.478 e. The molecule has 1 aromatic rings. The maximum absolute atomic E-state index is 11.1. The molecule has 1 rings (SSSR count). The van der Waals surface area contributed by atoms with Crippen molar-refractivity contribution in [2.24, 2.45) is 0 Å². The number of aromatic nitrogens is 1. The first-order chi connectivity index (χ1) is 7.95. The monoisotopic (exact) mass is 254 g/mol. The van der Waals surface area contributed by atoms with Crippen molar-refractivity contribution >= 4 is 23.6 Å². The predicted octanol–water partition coefficient (Wildman–Crippen LogP) is 1.23. The van der Waals surface area contributed by atoms with E-state index in [-0.39, 0.29) is 17.2 Å². The number of amides is 1. The van der Waals surface area contributed by atoms with E-state index < -0.39 is 5.97 Å². The Morgan fingerprint density at radius 1 is 1.47 bits per heavy atom. The van der Waals surface area contributed by atoms with Crippen LogP contribution in [0, 0.1) is 13.8 Å². The zero-order valence-corrected chi connectivity index (χ0v) is 10.7. The Kier molecular flexibility index (Phi) is 4.51. The molecule has 0 radical (unpaired) electrons. The van der Waals surface area contributed by atoms with E-state index in [1.807, 2.05) is 0 Å². The number of carbonyl (C=O) groups is 2. The van der Waals surface area contributed by atoms with Crippen LogP contribution in [0.4, 0.5) is 0 Å². The fourth-order valence-electron chi connectivity index (χ4n) is 1.37. The van der Waals surface area contributed by atoms with E-state index >= 15 is 0 Å². The normalized spacial score (nSPS) is 10.1. The highest BCUT2D eigenvalue weighted by Crippen LogP contribution is 2.24. The van der Waals surface area contributed by atoms with Crippen LogP contribution in [0.1, 0.15) is 21.6 Å². The van der Waals surface area contributed by atoms with Crippen LogP contribution in [0.25, 0.3) is 0 Å². The van der Waals surface area contributed by atoms with Gasteiger partial charge in [-0.25, -0.2) is 9.78 Å². The standard InChI is InChI=1S/C11H14N2O3S/c1-6-4-7(2)13-10(9(6)11(15)16)17-5-8(14)12-3/h4H,5H2,1-3H3,(H,12,14)(H,15,16). The molecule has 0 aromatic carbocycles. The molecule has 0 saturated heterocycles. The van der Waals surface area contributed by atoms with Crippen LogP contribution in [-0.4, -0.2) is 34.8 Å². The van der Waals surface area contributed by atoms with Crippen molar-refractivity contribution in [1.82, 2.24) is 10.3 Å². The van der Waals surface area contributed by atoms with Crippen LogP contribution in [0.3, 0.4) is 0 Å². The summed E-state index contributed by atoms with van der Waals surface area (Å²) in [5.74, 6) is -1.02. The fraction of sp³-hybridized carbons (Fsp3) is 0.364. The van der Waals surface area contributed by atoms with Gasteiger partial charge in [0, 0.05) is 12.7 Å². The second kappa shape index (κ2) is 5.67. The molecule has 0 fully saturated rings. The SMILES string of the molecule is CNC(=O)CSc1nc(C)cc(C)c1C(=O)O. The number of carbonyl (C=O) groups excluding carboxylic acids is 1. The van der Waals surface area contributed by atoms with Gasteiger partial charge in [-0.3, -0.25) is 4.79 Å². The van der Waals surface area contributed by atoms with Gasteiger partial charge in [-0.15, -0.1) is 0 Å². The van der Waals surface area contributed by atoms with Crippen molar-refractivity contribution in [1.29, 1.82) is 0 Å². The molecular weight excluding hydrogens is 240 g/mol. The summed E-state index contributed by atoms with van der Waals surface area (Å²) in [6, 6.07) is 1.72. The molecule has 17 heavy (non-hydrogen) atoms. The third-order valence-corrected chi connectivity index (χ3v) is 3.12. The highest BCUT2D eigenvalue weighted by molar-refractivity contribution is 8.00. The second-order valence-corrected chi connectivity index (χ2v) is 4.49. The highest BCUT2D eigenvalue weighted by atomic mass is 32.2. The van der Waals surface area contributed by atoms with E-state index in [2.05, 4.69) is 10.3 Å². The lowest BCUT2D eigenvalue weighted by atomic mass is 10.1. The number of aryl methyl sites for hydroxylation is 2. The van der Waals surface area contributed by atoms with E-state index in [1.165, 1.54) is 7.05 Å². The van der Waals surface area contributed by atoms with Crippen LogP contribution in [0.5, 0.6) is 0 Å². The second-order valence-electron chi connectivity index (χ2n) is 3.53. The van der Waals surface area contributed by atoms with Crippen molar-refractivity contribution in [3.05, 3.63) is 22.9 Å². The Bertz CT molecular complexity index is 460. The van der Waals surface area contributed by atoms with Crippen molar-refractivity contribution in [2.75, 3.05) is 12.8 Å². The van der Waals surface area contributed by atoms with Gasteiger partial charge in [-0.1, -0.05) is 11.8 Å². The molecule has 92 valence electrons. The van der Waals surface area contributed by atoms with E-state index in [1.54, 1.807) is 19.9 Å².